The molecule has 4 atom stereocenters. The Bertz CT molecular complexity index is 1200. The van der Waals surface area contributed by atoms with Crippen LogP contribution >= 0.6 is 0 Å². The minimum Gasteiger partial charge on any atom is -0.332 e. The van der Waals surface area contributed by atoms with Crippen molar-refractivity contribution < 1.29 is 35.2 Å². The van der Waals surface area contributed by atoms with Gasteiger partial charge in [0.2, 0.25) is 15.9 Å². The summed E-state index contributed by atoms with van der Waals surface area (Å²) in [5.41, 5.74) is -3.52. The summed E-state index contributed by atoms with van der Waals surface area (Å²) in [7, 11) is -3.63. The molecule has 2 aromatic rings. The van der Waals surface area contributed by atoms with Gasteiger partial charge in [0.25, 0.3) is 0 Å². The fourth-order valence-electron chi connectivity index (χ4n) is 4.41. The number of nitrogens with zero attached hydrogens (tertiary/aromatic N) is 1. The molecule has 11 heteroatoms. The third-order valence-electron chi connectivity index (χ3n) is 6.31. The van der Waals surface area contributed by atoms with Crippen LogP contribution in [0.2, 0.25) is 0 Å². The fourth-order valence-corrected chi connectivity index (χ4v) is 5.51. The van der Waals surface area contributed by atoms with E-state index in [1.165, 1.54) is 0 Å². The van der Waals surface area contributed by atoms with Crippen LogP contribution in [-0.4, -0.2) is 50.3 Å². The van der Waals surface area contributed by atoms with Gasteiger partial charge >= 0.3 is 0 Å². The Balaban J connectivity index is 1.56. The molecule has 184 valence electrons. The summed E-state index contributed by atoms with van der Waals surface area (Å²) in [6, 6.07) is 4.75. The van der Waals surface area contributed by atoms with Crippen molar-refractivity contribution in [1.29, 1.82) is 0 Å². The summed E-state index contributed by atoms with van der Waals surface area (Å²) in [6.07, 6.45) is -1.45. The standard InChI is InChI=1S/C23H23F5N2O3S/c1-2-8-34(32,33)29-11-20-19(27)12-30(20)22(31)16-10-23(16,28)15-7-6-13(24)9-14(15)21-17(25)4-3-5-18(21)26/h3-7,9,16,19-20,29H,2,8,10-12H2,1H3/t16-,19+,20+,23+/m0/s1. The molecule has 34 heavy (non-hydrogen) atoms. The summed E-state index contributed by atoms with van der Waals surface area (Å²) in [4.78, 5) is 14.0. The molecule has 1 amide bonds. The maximum absolute atomic E-state index is 15.9. The van der Waals surface area contributed by atoms with E-state index in [4.69, 9.17) is 0 Å². The van der Waals surface area contributed by atoms with Gasteiger partial charge in [-0.15, -0.1) is 0 Å². The minimum absolute atomic E-state index is 0.152. The SMILES string of the molecule is CCCS(=O)(=O)NC[C@@H]1[C@H](F)CN1C(=O)[C@@H]1C[C@@]1(F)c1ccc(F)cc1-c1c(F)cccc1F. The number of sulfonamides is 1. The average molecular weight is 503 g/mol. The number of hydrogen-bond acceptors (Lipinski definition) is 3. The number of rotatable bonds is 8. The van der Waals surface area contributed by atoms with Crippen molar-refractivity contribution in [2.75, 3.05) is 18.8 Å². The topological polar surface area (TPSA) is 66.5 Å². The molecule has 2 fully saturated rings. The lowest BCUT2D eigenvalue weighted by Crippen LogP contribution is -2.64. The van der Waals surface area contributed by atoms with Crippen molar-refractivity contribution in [2.45, 2.75) is 37.6 Å². The smallest absolute Gasteiger partial charge is 0.229 e. The van der Waals surface area contributed by atoms with Gasteiger partial charge in [0.05, 0.1) is 29.8 Å². The van der Waals surface area contributed by atoms with Crippen molar-refractivity contribution in [1.82, 2.24) is 9.62 Å². The van der Waals surface area contributed by atoms with Crippen LogP contribution in [0.5, 0.6) is 0 Å². The van der Waals surface area contributed by atoms with E-state index in [9.17, 15) is 30.8 Å². The maximum Gasteiger partial charge on any atom is 0.229 e. The monoisotopic (exact) mass is 502 g/mol. The quantitative estimate of drug-likeness (QED) is 0.558. The molecule has 1 aliphatic heterocycles. The molecule has 1 saturated heterocycles. The number of likely N-dealkylation sites (tertiary alicyclic amines) is 1. The number of nitrogens with one attached hydrogen (secondary N) is 1. The predicted molar refractivity (Wildman–Crippen MR) is 115 cm³/mol. The van der Waals surface area contributed by atoms with Crippen LogP contribution in [0.4, 0.5) is 22.0 Å². The second kappa shape index (κ2) is 8.92. The zero-order chi connectivity index (χ0) is 24.8. The summed E-state index contributed by atoms with van der Waals surface area (Å²) in [5.74, 6) is -5.02. The molecule has 0 unspecified atom stereocenters. The van der Waals surface area contributed by atoms with Gasteiger partial charge in [0.1, 0.15) is 29.3 Å². The van der Waals surface area contributed by atoms with Crippen molar-refractivity contribution in [3.8, 4) is 11.1 Å². The van der Waals surface area contributed by atoms with Crippen molar-refractivity contribution in [2.24, 2.45) is 5.92 Å². The first-order chi connectivity index (χ1) is 16.0. The van der Waals surface area contributed by atoms with Gasteiger partial charge in [-0.1, -0.05) is 19.1 Å². The summed E-state index contributed by atoms with van der Waals surface area (Å²) in [6.45, 7) is 1.01. The van der Waals surface area contributed by atoms with Crippen LogP contribution in [0.1, 0.15) is 25.3 Å². The third kappa shape index (κ3) is 4.43. The van der Waals surface area contributed by atoms with Crippen molar-refractivity contribution in [3.05, 3.63) is 59.4 Å². The Hall–Kier alpha value is -2.53. The summed E-state index contributed by atoms with van der Waals surface area (Å²) >= 11 is 0. The zero-order valence-electron chi connectivity index (χ0n) is 18.2. The molecule has 1 heterocycles. The molecular formula is C23H23F5N2O3S. The highest BCUT2D eigenvalue weighted by molar-refractivity contribution is 7.89. The van der Waals surface area contributed by atoms with E-state index in [0.29, 0.717) is 6.42 Å². The Morgan fingerprint density at radius 3 is 2.47 bits per heavy atom. The maximum atomic E-state index is 15.9. The predicted octanol–water partition coefficient (Wildman–Crippen LogP) is 3.83. The molecular weight excluding hydrogens is 479 g/mol. The van der Waals surface area contributed by atoms with Gasteiger partial charge in [-0.05, 0) is 41.8 Å². The van der Waals surface area contributed by atoms with E-state index >= 15 is 4.39 Å². The van der Waals surface area contributed by atoms with E-state index in [1.54, 1.807) is 6.92 Å². The number of hydrogen-bond donors (Lipinski definition) is 1. The minimum atomic E-state index is -3.63. The summed E-state index contributed by atoms with van der Waals surface area (Å²) < 4.78 is 98.7. The molecule has 1 N–H and O–H groups in total. The highest BCUT2D eigenvalue weighted by Gasteiger charge is 2.64. The van der Waals surface area contributed by atoms with Gasteiger partial charge in [0.15, 0.2) is 0 Å². The number of halogens is 5. The first-order valence-corrected chi connectivity index (χ1v) is 12.5. The summed E-state index contributed by atoms with van der Waals surface area (Å²) in [5, 5.41) is 0. The number of carbonyl (C=O) groups excluding carboxylic acids is 1. The molecule has 0 spiro atoms. The first-order valence-electron chi connectivity index (χ1n) is 10.8. The lowest BCUT2D eigenvalue weighted by Gasteiger charge is -2.44. The van der Waals surface area contributed by atoms with Gasteiger partial charge in [0, 0.05) is 13.0 Å². The van der Waals surface area contributed by atoms with Crippen LogP contribution in [0.25, 0.3) is 11.1 Å². The molecule has 0 aromatic heterocycles. The third-order valence-corrected chi connectivity index (χ3v) is 7.86. The molecule has 4 rings (SSSR count). The van der Waals surface area contributed by atoms with E-state index in [2.05, 4.69) is 4.72 Å². The zero-order valence-corrected chi connectivity index (χ0v) is 19.0. The number of alkyl halides is 2. The van der Waals surface area contributed by atoms with Gasteiger partial charge in [-0.3, -0.25) is 4.79 Å². The largest absolute Gasteiger partial charge is 0.332 e. The lowest BCUT2D eigenvalue weighted by atomic mass is 9.92. The Morgan fingerprint density at radius 2 is 1.85 bits per heavy atom. The van der Waals surface area contributed by atoms with Crippen molar-refractivity contribution >= 4 is 15.9 Å². The second-order valence-corrected chi connectivity index (χ2v) is 10.6. The van der Waals surface area contributed by atoms with Crippen LogP contribution in [0.15, 0.2) is 36.4 Å². The van der Waals surface area contributed by atoms with E-state index < -0.39 is 62.7 Å². The molecule has 1 aliphatic carbocycles. The highest BCUT2D eigenvalue weighted by Crippen LogP contribution is 2.59. The fraction of sp³-hybridized carbons (Fsp3) is 0.435. The Labute approximate surface area is 194 Å². The number of benzene rings is 2. The van der Waals surface area contributed by atoms with Gasteiger partial charge < -0.3 is 4.90 Å². The van der Waals surface area contributed by atoms with Gasteiger partial charge in [-0.25, -0.2) is 35.1 Å². The van der Waals surface area contributed by atoms with Crippen LogP contribution in [0, 0.1) is 23.4 Å². The first kappa shape index (κ1) is 24.6. The normalized spacial score (nSPS) is 26.3. The molecule has 0 bridgehead atoms. The molecule has 1 saturated carbocycles. The van der Waals surface area contributed by atoms with E-state index in [0.717, 1.165) is 41.3 Å². The molecule has 0 radical (unpaired) electrons. The molecule has 5 nitrogen and oxygen atoms in total. The second-order valence-electron chi connectivity index (χ2n) is 8.65. The van der Waals surface area contributed by atoms with Crippen LogP contribution < -0.4 is 4.72 Å². The molecule has 2 aromatic carbocycles. The average Bonchev–Trinajstić information content (AvgIpc) is 3.44. The Kier molecular flexibility index (Phi) is 6.45. The van der Waals surface area contributed by atoms with E-state index in [-0.39, 0.29) is 36.4 Å². The Morgan fingerprint density at radius 1 is 1.18 bits per heavy atom. The van der Waals surface area contributed by atoms with E-state index in [1.807, 2.05) is 0 Å². The van der Waals surface area contributed by atoms with Crippen molar-refractivity contribution in [3.63, 3.8) is 0 Å². The number of carbonyl (C=O) groups is 1. The molecule has 2 aliphatic rings. The number of amides is 1. The van der Waals surface area contributed by atoms with Crippen LogP contribution in [0.3, 0.4) is 0 Å². The van der Waals surface area contributed by atoms with Gasteiger partial charge in [-0.2, -0.15) is 0 Å². The highest BCUT2D eigenvalue weighted by atomic mass is 32.2. The lowest BCUT2D eigenvalue weighted by molar-refractivity contribution is -0.147. The van der Waals surface area contributed by atoms with Crippen LogP contribution in [-0.2, 0) is 20.5 Å².